The van der Waals surface area contributed by atoms with E-state index in [1.54, 1.807) is 0 Å². The van der Waals surface area contributed by atoms with Crippen LogP contribution in [-0.2, 0) is 13.0 Å². The Labute approximate surface area is 119 Å². The van der Waals surface area contributed by atoms with Crippen molar-refractivity contribution >= 4 is 11.0 Å². The molecule has 0 aliphatic heterocycles. The van der Waals surface area contributed by atoms with Crippen molar-refractivity contribution in [3.63, 3.8) is 0 Å². The highest BCUT2D eigenvalue weighted by Gasteiger charge is 2.10. The summed E-state index contributed by atoms with van der Waals surface area (Å²) in [5.41, 5.74) is 4.87. The maximum absolute atomic E-state index is 4.78. The van der Waals surface area contributed by atoms with Gasteiger partial charge in [-0.1, -0.05) is 42.5 Å². The zero-order valence-electron chi connectivity index (χ0n) is 11.7. The number of aryl methyl sites for hydroxylation is 1. The lowest BCUT2D eigenvalue weighted by Gasteiger charge is -2.08. The van der Waals surface area contributed by atoms with E-state index in [1.165, 1.54) is 16.6 Å². The molecule has 2 nitrogen and oxygen atoms in total. The fourth-order valence-corrected chi connectivity index (χ4v) is 2.57. The molecule has 100 valence electrons. The highest BCUT2D eigenvalue weighted by molar-refractivity contribution is 5.76. The average molecular weight is 262 g/mol. The number of allylic oxidation sites excluding steroid dienone is 1. The monoisotopic (exact) mass is 262 g/mol. The van der Waals surface area contributed by atoms with E-state index in [9.17, 15) is 0 Å². The van der Waals surface area contributed by atoms with Gasteiger partial charge in [0.25, 0.3) is 0 Å². The molecule has 0 aliphatic carbocycles. The van der Waals surface area contributed by atoms with Crippen LogP contribution < -0.4 is 0 Å². The summed E-state index contributed by atoms with van der Waals surface area (Å²) in [5.74, 6) is 1.10. The van der Waals surface area contributed by atoms with Gasteiger partial charge in [-0.2, -0.15) is 0 Å². The Hall–Kier alpha value is -2.35. The van der Waals surface area contributed by atoms with Crippen molar-refractivity contribution < 1.29 is 0 Å². The molecular formula is C18H18N2. The van der Waals surface area contributed by atoms with Crippen LogP contribution in [0.15, 0.2) is 61.2 Å². The standard InChI is InChI=1S/C18H18N2/c1-3-12-20-17-11-7-6-10-16(17)19-18(20)13-15-9-5-4-8-14(15)2/h3-11H,1,12-13H2,2H3. The van der Waals surface area contributed by atoms with Crippen LogP contribution in [0.25, 0.3) is 11.0 Å². The number of rotatable bonds is 4. The van der Waals surface area contributed by atoms with Crippen molar-refractivity contribution in [3.05, 3.63) is 78.1 Å². The SMILES string of the molecule is C=CCn1c(Cc2ccccc2C)nc2ccccc21. The minimum Gasteiger partial charge on any atom is -0.324 e. The van der Waals surface area contributed by atoms with Gasteiger partial charge in [0, 0.05) is 13.0 Å². The van der Waals surface area contributed by atoms with Gasteiger partial charge >= 0.3 is 0 Å². The van der Waals surface area contributed by atoms with Gasteiger partial charge in [-0.25, -0.2) is 4.98 Å². The molecule has 1 aromatic heterocycles. The van der Waals surface area contributed by atoms with Crippen molar-refractivity contribution in [1.82, 2.24) is 9.55 Å². The molecule has 0 atom stereocenters. The van der Waals surface area contributed by atoms with Crippen LogP contribution in [0.4, 0.5) is 0 Å². The molecule has 0 N–H and O–H groups in total. The second-order valence-corrected chi connectivity index (χ2v) is 5.02. The lowest BCUT2D eigenvalue weighted by molar-refractivity contribution is 0.779. The third-order valence-electron chi connectivity index (χ3n) is 3.66. The van der Waals surface area contributed by atoms with Crippen LogP contribution >= 0.6 is 0 Å². The van der Waals surface area contributed by atoms with E-state index in [-0.39, 0.29) is 0 Å². The third-order valence-corrected chi connectivity index (χ3v) is 3.66. The molecular weight excluding hydrogens is 244 g/mol. The third kappa shape index (κ3) is 2.25. The number of imidazole rings is 1. The average Bonchev–Trinajstić information content (AvgIpc) is 2.80. The topological polar surface area (TPSA) is 17.8 Å². The van der Waals surface area contributed by atoms with E-state index < -0.39 is 0 Å². The van der Waals surface area contributed by atoms with Crippen LogP contribution in [0, 0.1) is 6.92 Å². The molecule has 20 heavy (non-hydrogen) atoms. The van der Waals surface area contributed by atoms with Crippen molar-refractivity contribution in [3.8, 4) is 0 Å². The molecule has 0 amide bonds. The van der Waals surface area contributed by atoms with Crippen molar-refractivity contribution in [2.24, 2.45) is 0 Å². The second kappa shape index (κ2) is 5.33. The minimum absolute atomic E-state index is 0.793. The Morgan fingerprint density at radius 1 is 1.10 bits per heavy atom. The lowest BCUT2D eigenvalue weighted by atomic mass is 10.1. The van der Waals surface area contributed by atoms with E-state index in [1.807, 2.05) is 12.1 Å². The summed E-state index contributed by atoms with van der Waals surface area (Å²) in [7, 11) is 0. The van der Waals surface area contributed by atoms with Crippen LogP contribution in [0.3, 0.4) is 0 Å². The van der Waals surface area contributed by atoms with Crippen LogP contribution in [-0.4, -0.2) is 9.55 Å². The van der Waals surface area contributed by atoms with Crippen LogP contribution in [0.5, 0.6) is 0 Å². The zero-order valence-corrected chi connectivity index (χ0v) is 11.7. The molecule has 0 saturated carbocycles. The molecule has 0 spiro atoms. The van der Waals surface area contributed by atoms with E-state index in [4.69, 9.17) is 4.98 Å². The number of hydrogen-bond donors (Lipinski definition) is 0. The molecule has 3 aromatic rings. The van der Waals surface area contributed by atoms with E-state index >= 15 is 0 Å². The van der Waals surface area contributed by atoms with Gasteiger partial charge in [0.05, 0.1) is 11.0 Å². The Kier molecular flexibility index (Phi) is 3.38. The number of benzene rings is 2. The number of aromatic nitrogens is 2. The first kappa shape index (κ1) is 12.7. The summed E-state index contributed by atoms with van der Waals surface area (Å²) in [5, 5.41) is 0. The van der Waals surface area contributed by atoms with E-state index in [2.05, 4.69) is 60.5 Å². The normalized spacial score (nSPS) is 10.8. The van der Waals surface area contributed by atoms with E-state index in [0.717, 1.165) is 24.3 Å². The van der Waals surface area contributed by atoms with Gasteiger partial charge in [0.1, 0.15) is 5.82 Å². The smallest absolute Gasteiger partial charge is 0.114 e. The first-order valence-corrected chi connectivity index (χ1v) is 6.89. The highest BCUT2D eigenvalue weighted by atomic mass is 15.1. The van der Waals surface area contributed by atoms with Crippen LogP contribution in [0.1, 0.15) is 17.0 Å². The maximum atomic E-state index is 4.78. The predicted octanol–water partition coefficient (Wildman–Crippen LogP) is 4.12. The molecule has 3 rings (SSSR count). The van der Waals surface area contributed by atoms with Gasteiger partial charge in [0.2, 0.25) is 0 Å². The zero-order chi connectivity index (χ0) is 13.9. The van der Waals surface area contributed by atoms with Crippen molar-refractivity contribution in [2.75, 3.05) is 0 Å². The molecule has 2 heteroatoms. The van der Waals surface area contributed by atoms with Crippen molar-refractivity contribution in [1.29, 1.82) is 0 Å². The number of nitrogens with zero attached hydrogens (tertiary/aromatic N) is 2. The van der Waals surface area contributed by atoms with Gasteiger partial charge in [-0.3, -0.25) is 0 Å². The van der Waals surface area contributed by atoms with E-state index in [0.29, 0.717) is 0 Å². The number of fused-ring (bicyclic) bond motifs is 1. The fraction of sp³-hybridized carbons (Fsp3) is 0.167. The molecule has 0 saturated heterocycles. The fourth-order valence-electron chi connectivity index (χ4n) is 2.57. The maximum Gasteiger partial charge on any atom is 0.114 e. The van der Waals surface area contributed by atoms with Crippen LogP contribution in [0.2, 0.25) is 0 Å². The van der Waals surface area contributed by atoms with Gasteiger partial charge in [-0.15, -0.1) is 6.58 Å². The first-order valence-electron chi connectivity index (χ1n) is 6.89. The Morgan fingerprint density at radius 3 is 2.65 bits per heavy atom. The summed E-state index contributed by atoms with van der Waals surface area (Å²) in [6.45, 7) is 6.80. The molecule has 0 bridgehead atoms. The number of hydrogen-bond acceptors (Lipinski definition) is 1. The Balaban J connectivity index is 2.09. The summed E-state index contributed by atoms with van der Waals surface area (Å²) in [6.07, 6.45) is 2.78. The summed E-state index contributed by atoms with van der Waals surface area (Å²) in [4.78, 5) is 4.78. The molecule has 0 fully saturated rings. The Morgan fingerprint density at radius 2 is 1.85 bits per heavy atom. The Bertz CT molecular complexity index is 753. The lowest BCUT2D eigenvalue weighted by Crippen LogP contribution is -2.04. The molecule has 0 unspecified atom stereocenters. The summed E-state index contributed by atoms with van der Waals surface area (Å²) in [6, 6.07) is 16.8. The van der Waals surface area contributed by atoms with Gasteiger partial charge < -0.3 is 4.57 Å². The molecule has 1 heterocycles. The summed E-state index contributed by atoms with van der Waals surface area (Å²) < 4.78 is 2.24. The molecule has 0 aliphatic rings. The van der Waals surface area contributed by atoms with Crippen molar-refractivity contribution in [2.45, 2.75) is 19.9 Å². The quantitative estimate of drug-likeness (QED) is 0.647. The largest absolute Gasteiger partial charge is 0.324 e. The first-order chi connectivity index (χ1) is 9.79. The second-order valence-electron chi connectivity index (χ2n) is 5.02. The highest BCUT2D eigenvalue weighted by Crippen LogP contribution is 2.19. The predicted molar refractivity (Wildman–Crippen MR) is 83.9 cm³/mol. The van der Waals surface area contributed by atoms with Gasteiger partial charge in [0.15, 0.2) is 0 Å². The number of para-hydroxylation sites is 2. The van der Waals surface area contributed by atoms with Gasteiger partial charge in [-0.05, 0) is 30.2 Å². The minimum atomic E-state index is 0.793. The molecule has 0 radical (unpaired) electrons. The molecule has 2 aromatic carbocycles. The summed E-state index contributed by atoms with van der Waals surface area (Å²) >= 11 is 0.